The van der Waals surface area contributed by atoms with Gasteiger partial charge in [-0.2, -0.15) is 0 Å². The summed E-state index contributed by atoms with van der Waals surface area (Å²) in [5, 5.41) is 11.0. The van der Waals surface area contributed by atoms with Gasteiger partial charge in [0.25, 0.3) is 0 Å². The van der Waals surface area contributed by atoms with Crippen molar-refractivity contribution < 1.29 is 4.79 Å². The zero-order valence-corrected chi connectivity index (χ0v) is 11.9. The van der Waals surface area contributed by atoms with E-state index in [1.54, 1.807) is 4.68 Å². The van der Waals surface area contributed by atoms with Gasteiger partial charge < -0.3 is 11.1 Å². The van der Waals surface area contributed by atoms with Crippen molar-refractivity contribution in [3.05, 3.63) is 11.9 Å². The highest BCUT2D eigenvalue weighted by Gasteiger charge is 2.08. The molecule has 19 heavy (non-hydrogen) atoms. The molecular weight excluding hydrogens is 242 g/mol. The molecule has 1 rings (SSSR count). The molecule has 0 fully saturated rings. The highest BCUT2D eigenvalue weighted by atomic mass is 16.2. The Balaban J connectivity index is 2.34. The van der Waals surface area contributed by atoms with Gasteiger partial charge >= 0.3 is 0 Å². The lowest BCUT2D eigenvalue weighted by Crippen LogP contribution is -2.35. The predicted octanol–water partition coefficient (Wildman–Crippen LogP) is 0.864. The summed E-state index contributed by atoms with van der Waals surface area (Å²) in [6, 6.07) is 0.213. The average Bonchev–Trinajstić information content (AvgIpc) is 2.77. The molecule has 0 saturated heterocycles. The molecule has 0 radical (unpaired) electrons. The number of carbonyl (C=O) groups is 1. The van der Waals surface area contributed by atoms with Crippen LogP contribution < -0.4 is 11.1 Å². The van der Waals surface area contributed by atoms with Gasteiger partial charge in [0.05, 0.1) is 5.69 Å². The van der Waals surface area contributed by atoms with Crippen LogP contribution in [-0.4, -0.2) is 33.5 Å². The molecule has 1 unspecified atom stereocenters. The summed E-state index contributed by atoms with van der Waals surface area (Å²) in [5.74, 6) is -0.0145. The Morgan fingerprint density at radius 3 is 3.00 bits per heavy atom. The number of hydrogen-bond acceptors (Lipinski definition) is 4. The second-order valence-corrected chi connectivity index (χ2v) is 4.91. The molecule has 0 bridgehead atoms. The molecule has 6 heteroatoms. The highest BCUT2D eigenvalue weighted by molar-refractivity contribution is 5.75. The van der Waals surface area contributed by atoms with Crippen LogP contribution in [0.25, 0.3) is 0 Å². The molecule has 1 heterocycles. The SMILES string of the molecule is CCCC(C)NC(=O)Cn1cc(CCCCN)nn1. The summed E-state index contributed by atoms with van der Waals surface area (Å²) in [4.78, 5) is 11.8. The predicted molar refractivity (Wildman–Crippen MR) is 74.5 cm³/mol. The van der Waals surface area contributed by atoms with Crippen molar-refractivity contribution in [1.82, 2.24) is 20.3 Å². The van der Waals surface area contributed by atoms with Crippen LogP contribution in [-0.2, 0) is 17.8 Å². The molecule has 3 N–H and O–H groups in total. The first-order valence-electron chi connectivity index (χ1n) is 7.04. The average molecular weight is 267 g/mol. The molecule has 0 spiro atoms. The van der Waals surface area contributed by atoms with Crippen molar-refractivity contribution in [3.63, 3.8) is 0 Å². The third-order valence-electron chi connectivity index (χ3n) is 2.91. The zero-order chi connectivity index (χ0) is 14.1. The number of rotatable bonds is 9. The van der Waals surface area contributed by atoms with Crippen LogP contribution in [0.15, 0.2) is 6.20 Å². The Kier molecular flexibility index (Phi) is 7.10. The van der Waals surface area contributed by atoms with E-state index in [4.69, 9.17) is 5.73 Å². The van der Waals surface area contributed by atoms with Gasteiger partial charge in [0, 0.05) is 12.2 Å². The van der Waals surface area contributed by atoms with E-state index in [1.807, 2.05) is 13.1 Å². The van der Waals surface area contributed by atoms with Gasteiger partial charge in [-0.25, -0.2) is 4.68 Å². The van der Waals surface area contributed by atoms with E-state index < -0.39 is 0 Å². The normalized spacial score (nSPS) is 12.4. The van der Waals surface area contributed by atoms with Gasteiger partial charge in [0.15, 0.2) is 0 Å². The van der Waals surface area contributed by atoms with E-state index in [0.29, 0.717) is 6.54 Å². The lowest BCUT2D eigenvalue weighted by molar-refractivity contribution is -0.122. The topological polar surface area (TPSA) is 85.8 Å². The molecule has 0 aromatic carbocycles. The van der Waals surface area contributed by atoms with E-state index in [-0.39, 0.29) is 18.5 Å². The number of amides is 1. The maximum absolute atomic E-state index is 11.8. The van der Waals surface area contributed by atoms with E-state index in [2.05, 4.69) is 22.6 Å². The molecule has 1 atom stereocenters. The summed E-state index contributed by atoms with van der Waals surface area (Å²) in [6.45, 7) is 5.05. The minimum Gasteiger partial charge on any atom is -0.352 e. The lowest BCUT2D eigenvalue weighted by atomic mass is 10.2. The maximum Gasteiger partial charge on any atom is 0.242 e. The summed E-state index contributed by atoms with van der Waals surface area (Å²) in [7, 11) is 0. The number of nitrogens with two attached hydrogens (primary N) is 1. The standard InChI is InChI=1S/C13H25N5O/c1-3-6-11(2)15-13(19)10-18-9-12(16-17-18)7-4-5-8-14/h9,11H,3-8,10,14H2,1-2H3,(H,15,19). The molecule has 0 aliphatic rings. The minimum atomic E-state index is -0.0145. The summed E-state index contributed by atoms with van der Waals surface area (Å²) >= 11 is 0. The molecule has 108 valence electrons. The third kappa shape index (κ3) is 6.33. The lowest BCUT2D eigenvalue weighted by Gasteiger charge is -2.12. The molecule has 1 aromatic heterocycles. The van der Waals surface area contributed by atoms with Gasteiger partial charge in [-0.15, -0.1) is 5.10 Å². The second kappa shape index (κ2) is 8.63. The molecule has 1 amide bonds. The molecule has 1 aromatic rings. The largest absolute Gasteiger partial charge is 0.352 e. The fraction of sp³-hybridized carbons (Fsp3) is 0.769. The van der Waals surface area contributed by atoms with Gasteiger partial charge in [0.2, 0.25) is 5.91 Å². The van der Waals surface area contributed by atoms with Gasteiger partial charge in [-0.3, -0.25) is 4.79 Å². The minimum absolute atomic E-state index is 0.0145. The van der Waals surface area contributed by atoms with Crippen molar-refractivity contribution >= 4 is 5.91 Å². The van der Waals surface area contributed by atoms with Crippen LogP contribution in [0.2, 0.25) is 0 Å². The summed E-state index contributed by atoms with van der Waals surface area (Å²) in [6.07, 6.45) is 6.76. The number of aryl methyl sites for hydroxylation is 1. The smallest absolute Gasteiger partial charge is 0.242 e. The van der Waals surface area contributed by atoms with Gasteiger partial charge in [-0.05, 0) is 39.2 Å². The molecule has 0 aliphatic carbocycles. The molecule has 0 aliphatic heterocycles. The Labute approximate surface area is 114 Å². The first kappa shape index (κ1) is 15.6. The summed E-state index contributed by atoms with van der Waals surface area (Å²) < 4.78 is 1.59. The van der Waals surface area contributed by atoms with Crippen LogP contribution in [0.3, 0.4) is 0 Å². The quantitative estimate of drug-likeness (QED) is 0.650. The number of aromatic nitrogens is 3. The van der Waals surface area contributed by atoms with E-state index >= 15 is 0 Å². The van der Waals surface area contributed by atoms with Gasteiger partial charge in [0.1, 0.15) is 6.54 Å². The van der Waals surface area contributed by atoms with Crippen LogP contribution in [0, 0.1) is 0 Å². The Hall–Kier alpha value is -1.43. The number of carbonyl (C=O) groups excluding carboxylic acids is 1. The Morgan fingerprint density at radius 1 is 1.53 bits per heavy atom. The third-order valence-corrected chi connectivity index (χ3v) is 2.91. The van der Waals surface area contributed by atoms with Crippen LogP contribution in [0.4, 0.5) is 0 Å². The van der Waals surface area contributed by atoms with Crippen molar-refractivity contribution in [2.45, 2.75) is 58.5 Å². The van der Waals surface area contributed by atoms with E-state index in [0.717, 1.165) is 37.8 Å². The van der Waals surface area contributed by atoms with Crippen molar-refractivity contribution in [1.29, 1.82) is 0 Å². The monoisotopic (exact) mass is 267 g/mol. The Bertz CT molecular complexity index is 377. The highest BCUT2D eigenvalue weighted by Crippen LogP contribution is 2.00. The van der Waals surface area contributed by atoms with Crippen LogP contribution in [0.1, 0.15) is 45.2 Å². The van der Waals surface area contributed by atoms with Gasteiger partial charge in [-0.1, -0.05) is 18.6 Å². The molecular formula is C13H25N5O. The van der Waals surface area contributed by atoms with Crippen molar-refractivity contribution in [2.24, 2.45) is 5.73 Å². The van der Waals surface area contributed by atoms with E-state index in [1.165, 1.54) is 0 Å². The first-order valence-corrected chi connectivity index (χ1v) is 7.04. The van der Waals surface area contributed by atoms with Crippen molar-refractivity contribution in [2.75, 3.05) is 6.54 Å². The maximum atomic E-state index is 11.8. The summed E-state index contributed by atoms with van der Waals surface area (Å²) in [5.41, 5.74) is 6.36. The fourth-order valence-corrected chi connectivity index (χ4v) is 1.95. The number of nitrogens with one attached hydrogen (secondary N) is 1. The van der Waals surface area contributed by atoms with E-state index in [9.17, 15) is 4.79 Å². The number of nitrogens with zero attached hydrogens (tertiary/aromatic N) is 3. The molecule has 0 saturated carbocycles. The van der Waals surface area contributed by atoms with Crippen LogP contribution in [0.5, 0.6) is 0 Å². The molecule has 6 nitrogen and oxygen atoms in total. The Morgan fingerprint density at radius 2 is 2.32 bits per heavy atom. The second-order valence-electron chi connectivity index (χ2n) is 4.91. The van der Waals surface area contributed by atoms with Crippen LogP contribution >= 0.6 is 0 Å². The zero-order valence-electron chi connectivity index (χ0n) is 11.9. The van der Waals surface area contributed by atoms with Crippen molar-refractivity contribution in [3.8, 4) is 0 Å². The number of hydrogen-bond donors (Lipinski definition) is 2. The first-order chi connectivity index (χ1) is 9.15. The number of unbranched alkanes of at least 4 members (excludes halogenated alkanes) is 1. The fourth-order valence-electron chi connectivity index (χ4n) is 1.95.